The molecule has 1 aliphatic rings. The monoisotopic (exact) mass is 247 g/mol. The lowest BCUT2D eigenvalue weighted by Crippen LogP contribution is -2.36. The van der Waals surface area contributed by atoms with Crippen molar-refractivity contribution in [3.05, 3.63) is 35.4 Å². The SMILES string of the molecule is CC1CCCCN1Cc1ccc(C(C)(C)O)cc1. The van der Waals surface area contributed by atoms with Crippen molar-refractivity contribution in [3.63, 3.8) is 0 Å². The lowest BCUT2D eigenvalue weighted by Gasteiger charge is -2.33. The summed E-state index contributed by atoms with van der Waals surface area (Å²) in [6.07, 6.45) is 4.02. The first kappa shape index (κ1) is 13.6. The van der Waals surface area contributed by atoms with Gasteiger partial charge >= 0.3 is 0 Å². The zero-order valence-corrected chi connectivity index (χ0v) is 11.8. The highest BCUT2D eigenvalue weighted by atomic mass is 16.3. The minimum absolute atomic E-state index is 0.702. The highest BCUT2D eigenvalue weighted by Gasteiger charge is 2.19. The van der Waals surface area contributed by atoms with Crippen molar-refractivity contribution in [2.24, 2.45) is 0 Å². The molecule has 0 amide bonds. The van der Waals surface area contributed by atoms with Crippen LogP contribution in [-0.4, -0.2) is 22.6 Å². The summed E-state index contributed by atoms with van der Waals surface area (Å²) in [4.78, 5) is 2.56. The molecule has 1 fully saturated rings. The van der Waals surface area contributed by atoms with E-state index >= 15 is 0 Å². The number of rotatable bonds is 3. The molecule has 2 rings (SSSR count). The van der Waals surface area contributed by atoms with Crippen molar-refractivity contribution in [1.29, 1.82) is 0 Å². The molecule has 0 radical (unpaired) electrons. The average Bonchev–Trinajstić information content (AvgIpc) is 2.32. The third-order valence-corrected chi connectivity index (χ3v) is 3.99. The Kier molecular flexibility index (Phi) is 4.08. The van der Waals surface area contributed by atoms with Gasteiger partial charge in [-0.3, -0.25) is 4.90 Å². The molecule has 2 heteroatoms. The number of hydrogen-bond acceptors (Lipinski definition) is 2. The van der Waals surface area contributed by atoms with Crippen molar-refractivity contribution >= 4 is 0 Å². The molecule has 1 atom stereocenters. The second kappa shape index (κ2) is 5.41. The molecule has 1 aromatic rings. The van der Waals surface area contributed by atoms with Crippen LogP contribution in [0.2, 0.25) is 0 Å². The number of aliphatic hydroxyl groups is 1. The van der Waals surface area contributed by atoms with E-state index in [2.05, 4.69) is 24.0 Å². The van der Waals surface area contributed by atoms with Gasteiger partial charge in [-0.15, -0.1) is 0 Å². The number of nitrogens with zero attached hydrogens (tertiary/aromatic N) is 1. The molecule has 2 nitrogen and oxygen atoms in total. The number of likely N-dealkylation sites (tertiary alicyclic amines) is 1. The molecule has 1 N–H and O–H groups in total. The molecule has 1 saturated heterocycles. The van der Waals surface area contributed by atoms with Crippen LogP contribution in [0.15, 0.2) is 24.3 Å². The summed E-state index contributed by atoms with van der Waals surface area (Å²) < 4.78 is 0. The first-order chi connectivity index (χ1) is 8.47. The van der Waals surface area contributed by atoms with Gasteiger partial charge in [0.15, 0.2) is 0 Å². The van der Waals surface area contributed by atoms with E-state index < -0.39 is 5.60 Å². The Morgan fingerprint density at radius 1 is 1.22 bits per heavy atom. The first-order valence-corrected chi connectivity index (χ1v) is 7.02. The van der Waals surface area contributed by atoms with Crippen molar-refractivity contribution in [2.75, 3.05) is 6.54 Å². The van der Waals surface area contributed by atoms with Crippen LogP contribution >= 0.6 is 0 Å². The Bertz CT molecular complexity index is 377. The standard InChI is InChI=1S/C16H25NO/c1-13-6-4-5-11-17(13)12-14-7-9-15(10-8-14)16(2,3)18/h7-10,13,18H,4-6,11-12H2,1-3H3. The molecule has 1 unspecified atom stereocenters. The first-order valence-electron chi connectivity index (χ1n) is 7.02. The van der Waals surface area contributed by atoms with E-state index in [1.807, 2.05) is 26.0 Å². The number of benzene rings is 1. The minimum Gasteiger partial charge on any atom is -0.386 e. The van der Waals surface area contributed by atoms with E-state index in [1.54, 1.807) is 0 Å². The van der Waals surface area contributed by atoms with Gasteiger partial charge in [0.1, 0.15) is 0 Å². The van der Waals surface area contributed by atoms with Crippen LogP contribution in [0.4, 0.5) is 0 Å². The summed E-state index contributed by atoms with van der Waals surface area (Å²) in [5.74, 6) is 0. The number of hydrogen-bond donors (Lipinski definition) is 1. The van der Waals surface area contributed by atoms with Gasteiger partial charge in [0, 0.05) is 12.6 Å². The summed E-state index contributed by atoms with van der Waals surface area (Å²) in [5.41, 5.74) is 1.59. The lowest BCUT2D eigenvalue weighted by molar-refractivity contribution is 0.0785. The third kappa shape index (κ3) is 3.33. The van der Waals surface area contributed by atoms with Gasteiger partial charge in [-0.1, -0.05) is 30.7 Å². The van der Waals surface area contributed by atoms with Crippen molar-refractivity contribution in [1.82, 2.24) is 4.90 Å². The Hall–Kier alpha value is -0.860. The summed E-state index contributed by atoms with van der Waals surface area (Å²) in [6, 6.07) is 9.09. The highest BCUT2D eigenvalue weighted by molar-refractivity contribution is 5.26. The van der Waals surface area contributed by atoms with Gasteiger partial charge in [0.2, 0.25) is 0 Å². The minimum atomic E-state index is -0.739. The van der Waals surface area contributed by atoms with Crippen LogP contribution in [-0.2, 0) is 12.1 Å². The van der Waals surface area contributed by atoms with Crippen molar-refractivity contribution in [3.8, 4) is 0 Å². The predicted molar refractivity (Wildman–Crippen MR) is 75.4 cm³/mol. The maximum Gasteiger partial charge on any atom is 0.0840 e. The lowest BCUT2D eigenvalue weighted by atomic mass is 9.97. The van der Waals surface area contributed by atoms with Gasteiger partial charge in [-0.05, 0) is 51.3 Å². The molecule has 1 aromatic carbocycles. The zero-order chi connectivity index (χ0) is 13.2. The predicted octanol–water partition coefficient (Wildman–Crippen LogP) is 3.29. The second-order valence-electron chi connectivity index (χ2n) is 6.07. The summed E-state index contributed by atoms with van der Waals surface area (Å²) in [6.45, 7) is 8.23. The van der Waals surface area contributed by atoms with E-state index in [0.717, 1.165) is 12.1 Å². The third-order valence-electron chi connectivity index (χ3n) is 3.99. The smallest absolute Gasteiger partial charge is 0.0840 e. The van der Waals surface area contributed by atoms with Gasteiger partial charge in [0.25, 0.3) is 0 Å². The molecular formula is C16H25NO. The van der Waals surface area contributed by atoms with Crippen LogP contribution in [0.5, 0.6) is 0 Å². The largest absolute Gasteiger partial charge is 0.386 e. The fourth-order valence-corrected chi connectivity index (χ4v) is 2.65. The molecule has 1 heterocycles. The van der Waals surface area contributed by atoms with E-state index in [0.29, 0.717) is 6.04 Å². The molecule has 100 valence electrons. The molecule has 1 aliphatic heterocycles. The fraction of sp³-hybridized carbons (Fsp3) is 0.625. The van der Waals surface area contributed by atoms with E-state index in [9.17, 15) is 5.11 Å². The van der Waals surface area contributed by atoms with Crippen LogP contribution < -0.4 is 0 Å². The maximum absolute atomic E-state index is 9.93. The second-order valence-corrected chi connectivity index (χ2v) is 6.07. The van der Waals surface area contributed by atoms with Crippen molar-refractivity contribution < 1.29 is 5.11 Å². The Balaban J connectivity index is 2.02. The van der Waals surface area contributed by atoms with E-state index in [-0.39, 0.29) is 0 Å². The van der Waals surface area contributed by atoms with Crippen LogP contribution in [0.25, 0.3) is 0 Å². The van der Waals surface area contributed by atoms with E-state index in [4.69, 9.17) is 0 Å². The van der Waals surface area contributed by atoms with Crippen molar-refractivity contribution in [2.45, 2.75) is 58.2 Å². The van der Waals surface area contributed by atoms with Gasteiger partial charge < -0.3 is 5.11 Å². The molecule has 0 aliphatic carbocycles. The molecule has 0 spiro atoms. The normalized spacial score (nSPS) is 22.1. The highest BCUT2D eigenvalue weighted by Crippen LogP contribution is 2.22. The van der Waals surface area contributed by atoms with E-state index in [1.165, 1.54) is 31.4 Å². The fourth-order valence-electron chi connectivity index (χ4n) is 2.65. The molecule has 18 heavy (non-hydrogen) atoms. The van der Waals surface area contributed by atoms with Gasteiger partial charge in [-0.25, -0.2) is 0 Å². The van der Waals surface area contributed by atoms with Gasteiger partial charge in [-0.2, -0.15) is 0 Å². The number of piperidine rings is 1. The zero-order valence-electron chi connectivity index (χ0n) is 11.8. The molecule has 0 saturated carbocycles. The summed E-state index contributed by atoms with van der Waals surface area (Å²) in [5, 5.41) is 9.93. The quantitative estimate of drug-likeness (QED) is 0.886. The molecular weight excluding hydrogens is 222 g/mol. The van der Waals surface area contributed by atoms with Crippen LogP contribution in [0, 0.1) is 0 Å². The summed E-state index contributed by atoms with van der Waals surface area (Å²) >= 11 is 0. The summed E-state index contributed by atoms with van der Waals surface area (Å²) in [7, 11) is 0. The Morgan fingerprint density at radius 3 is 2.44 bits per heavy atom. The topological polar surface area (TPSA) is 23.5 Å². The maximum atomic E-state index is 9.93. The van der Waals surface area contributed by atoms with Crippen LogP contribution in [0.3, 0.4) is 0 Å². The van der Waals surface area contributed by atoms with Crippen LogP contribution in [0.1, 0.15) is 51.2 Å². The van der Waals surface area contributed by atoms with Gasteiger partial charge in [0.05, 0.1) is 5.60 Å². The average molecular weight is 247 g/mol. The Morgan fingerprint density at radius 2 is 1.89 bits per heavy atom. The Labute approximate surface area is 111 Å². The molecule has 0 aromatic heterocycles. The molecule has 0 bridgehead atoms.